The molecule has 1 aromatic rings. The van der Waals surface area contributed by atoms with E-state index in [0.29, 0.717) is 6.54 Å². The van der Waals surface area contributed by atoms with Crippen molar-refractivity contribution in [2.45, 2.75) is 32.2 Å². The number of likely N-dealkylation sites (tertiary alicyclic amines) is 1. The molecule has 0 unspecified atom stereocenters. The summed E-state index contributed by atoms with van der Waals surface area (Å²) in [5.74, 6) is 1.71. The first kappa shape index (κ1) is 15.8. The molecule has 0 aromatic carbocycles. The van der Waals surface area contributed by atoms with Crippen molar-refractivity contribution < 1.29 is 0 Å². The fourth-order valence-corrected chi connectivity index (χ4v) is 2.56. The summed E-state index contributed by atoms with van der Waals surface area (Å²) in [7, 11) is 3.68. The van der Waals surface area contributed by atoms with Gasteiger partial charge >= 0.3 is 0 Å². The zero-order valence-electron chi connectivity index (χ0n) is 13.2. The van der Waals surface area contributed by atoms with E-state index in [1.165, 1.54) is 38.8 Å². The molecule has 2 rings (SSSR count). The summed E-state index contributed by atoms with van der Waals surface area (Å²) in [6.45, 7) is 5.07. The Hall–Kier alpha value is -1.63. The molecule has 0 aliphatic carbocycles. The minimum Gasteiger partial charge on any atom is -0.355 e. The predicted octanol–water partition coefficient (Wildman–Crippen LogP) is 0.356. The first-order chi connectivity index (χ1) is 10.3. The minimum absolute atomic E-state index is 0.625. The average molecular weight is 293 g/mol. The molecule has 1 fully saturated rings. The van der Waals surface area contributed by atoms with Gasteiger partial charge < -0.3 is 15.5 Å². The van der Waals surface area contributed by atoms with Gasteiger partial charge in [0.05, 0.1) is 6.54 Å². The summed E-state index contributed by atoms with van der Waals surface area (Å²) >= 11 is 0. The van der Waals surface area contributed by atoms with E-state index in [2.05, 4.69) is 30.6 Å². The van der Waals surface area contributed by atoms with E-state index in [-0.39, 0.29) is 0 Å². The fourth-order valence-electron chi connectivity index (χ4n) is 2.56. The zero-order chi connectivity index (χ0) is 14.9. The molecule has 0 atom stereocenters. The highest BCUT2D eigenvalue weighted by molar-refractivity contribution is 5.79. The van der Waals surface area contributed by atoms with E-state index in [0.717, 1.165) is 24.9 Å². The molecule has 1 aliphatic rings. The van der Waals surface area contributed by atoms with Crippen molar-refractivity contribution in [1.82, 2.24) is 30.3 Å². The van der Waals surface area contributed by atoms with Gasteiger partial charge in [-0.2, -0.15) is 5.10 Å². The zero-order valence-corrected chi connectivity index (χ0v) is 13.2. The van der Waals surface area contributed by atoms with Crippen LogP contribution in [0.3, 0.4) is 0 Å². The lowest BCUT2D eigenvalue weighted by molar-refractivity contribution is 0.289. The second-order valence-corrected chi connectivity index (χ2v) is 5.41. The largest absolute Gasteiger partial charge is 0.355 e. The van der Waals surface area contributed by atoms with Crippen molar-refractivity contribution in [3.05, 3.63) is 12.2 Å². The Morgan fingerprint density at radius 1 is 1.24 bits per heavy atom. The van der Waals surface area contributed by atoms with Gasteiger partial charge in [0.2, 0.25) is 0 Å². The highest BCUT2D eigenvalue weighted by Gasteiger charge is 2.08. The minimum atomic E-state index is 0.625. The third-order valence-electron chi connectivity index (χ3n) is 3.86. The molecular weight excluding hydrogens is 266 g/mol. The molecule has 0 radical (unpaired) electrons. The molecule has 0 amide bonds. The monoisotopic (exact) mass is 293 g/mol. The molecular formula is C14H27N7. The first-order valence-electron chi connectivity index (χ1n) is 7.79. The Labute approximate surface area is 126 Å². The standard InChI is InChI=1S/C14H27N7/c1-15-14(17-11-13-18-12-19-20(13)2)16-7-10-21-8-5-3-4-6-9-21/h12H,3-11H2,1-2H3,(H2,15,16,17). The van der Waals surface area contributed by atoms with Gasteiger partial charge in [-0.15, -0.1) is 0 Å². The molecule has 0 spiro atoms. The maximum absolute atomic E-state index is 4.24. The van der Waals surface area contributed by atoms with E-state index < -0.39 is 0 Å². The number of aryl methyl sites for hydroxylation is 1. The third kappa shape index (κ3) is 5.34. The topological polar surface area (TPSA) is 70.4 Å². The normalized spacial score (nSPS) is 17.5. The quantitative estimate of drug-likeness (QED) is 0.606. The van der Waals surface area contributed by atoms with Crippen LogP contribution in [-0.2, 0) is 13.6 Å². The highest BCUT2D eigenvalue weighted by Crippen LogP contribution is 2.08. The van der Waals surface area contributed by atoms with Gasteiger partial charge in [0, 0.05) is 27.2 Å². The van der Waals surface area contributed by atoms with Gasteiger partial charge in [0.1, 0.15) is 12.2 Å². The van der Waals surface area contributed by atoms with Crippen LogP contribution in [0.1, 0.15) is 31.5 Å². The Morgan fingerprint density at radius 2 is 2.00 bits per heavy atom. The van der Waals surface area contributed by atoms with Crippen LogP contribution in [0.15, 0.2) is 11.3 Å². The SMILES string of the molecule is CN=C(NCCN1CCCCCC1)NCc1ncnn1C. The Kier molecular flexibility index (Phi) is 6.46. The van der Waals surface area contributed by atoms with Crippen LogP contribution < -0.4 is 10.6 Å². The molecule has 0 bridgehead atoms. The van der Waals surface area contributed by atoms with Gasteiger partial charge in [0.15, 0.2) is 5.96 Å². The van der Waals surface area contributed by atoms with Gasteiger partial charge in [-0.3, -0.25) is 9.67 Å². The molecule has 1 aromatic heterocycles. The number of guanidine groups is 1. The Bertz CT molecular complexity index is 432. The maximum Gasteiger partial charge on any atom is 0.191 e. The second kappa shape index (κ2) is 8.61. The molecule has 1 aliphatic heterocycles. The predicted molar refractivity (Wildman–Crippen MR) is 84.1 cm³/mol. The van der Waals surface area contributed by atoms with E-state index >= 15 is 0 Å². The number of nitrogens with zero attached hydrogens (tertiary/aromatic N) is 5. The summed E-state index contributed by atoms with van der Waals surface area (Å²) in [5, 5.41) is 10.7. The summed E-state index contributed by atoms with van der Waals surface area (Å²) < 4.78 is 1.76. The van der Waals surface area contributed by atoms with Gasteiger partial charge in [-0.25, -0.2) is 4.98 Å². The van der Waals surface area contributed by atoms with Crippen LogP contribution in [-0.4, -0.2) is 58.9 Å². The van der Waals surface area contributed by atoms with E-state index in [9.17, 15) is 0 Å². The Morgan fingerprint density at radius 3 is 2.62 bits per heavy atom. The molecule has 21 heavy (non-hydrogen) atoms. The highest BCUT2D eigenvalue weighted by atomic mass is 15.3. The lowest BCUT2D eigenvalue weighted by Crippen LogP contribution is -2.41. The van der Waals surface area contributed by atoms with Crippen molar-refractivity contribution in [3.63, 3.8) is 0 Å². The first-order valence-corrected chi connectivity index (χ1v) is 7.79. The number of hydrogen-bond acceptors (Lipinski definition) is 4. The van der Waals surface area contributed by atoms with E-state index in [1.54, 1.807) is 18.1 Å². The molecule has 118 valence electrons. The molecule has 7 heteroatoms. The second-order valence-electron chi connectivity index (χ2n) is 5.41. The van der Waals surface area contributed by atoms with Crippen LogP contribution in [0.5, 0.6) is 0 Å². The van der Waals surface area contributed by atoms with Crippen molar-refractivity contribution in [2.24, 2.45) is 12.0 Å². The molecule has 1 saturated heterocycles. The van der Waals surface area contributed by atoms with Crippen molar-refractivity contribution in [2.75, 3.05) is 33.2 Å². The van der Waals surface area contributed by atoms with E-state index in [4.69, 9.17) is 0 Å². The molecule has 2 N–H and O–H groups in total. The van der Waals surface area contributed by atoms with E-state index in [1.807, 2.05) is 7.05 Å². The van der Waals surface area contributed by atoms with Crippen molar-refractivity contribution in [1.29, 1.82) is 0 Å². The van der Waals surface area contributed by atoms with Crippen molar-refractivity contribution >= 4 is 5.96 Å². The third-order valence-corrected chi connectivity index (χ3v) is 3.86. The van der Waals surface area contributed by atoms with Gasteiger partial charge in [-0.05, 0) is 25.9 Å². The lowest BCUT2D eigenvalue weighted by atomic mass is 10.2. The van der Waals surface area contributed by atoms with Gasteiger partial charge in [0.25, 0.3) is 0 Å². The van der Waals surface area contributed by atoms with Crippen LogP contribution in [0.25, 0.3) is 0 Å². The number of aromatic nitrogens is 3. The summed E-state index contributed by atoms with van der Waals surface area (Å²) in [5.41, 5.74) is 0. The summed E-state index contributed by atoms with van der Waals surface area (Å²) in [6.07, 6.45) is 6.99. The van der Waals surface area contributed by atoms with Crippen LogP contribution >= 0.6 is 0 Å². The lowest BCUT2D eigenvalue weighted by Gasteiger charge is -2.20. The number of nitrogens with one attached hydrogen (secondary N) is 2. The Balaban J connectivity index is 1.66. The number of rotatable bonds is 5. The summed E-state index contributed by atoms with van der Waals surface area (Å²) in [4.78, 5) is 11.0. The average Bonchev–Trinajstić information content (AvgIpc) is 2.75. The molecule has 7 nitrogen and oxygen atoms in total. The van der Waals surface area contributed by atoms with Crippen LogP contribution in [0.2, 0.25) is 0 Å². The maximum atomic E-state index is 4.24. The van der Waals surface area contributed by atoms with Gasteiger partial charge in [-0.1, -0.05) is 12.8 Å². The van der Waals surface area contributed by atoms with Crippen molar-refractivity contribution in [3.8, 4) is 0 Å². The van der Waals surface area contributed by atoms with Crippen LogP contribution in [0.4, 0.5) is 0 Å². The molecule has 2 heterocycles. The fraction of sp³-hybridized carbons (Fsp3) is 0.786. The summed E-state index contributed by atoms with van der Waals surface area (Å²) in [6, 6.07) is 0. The smallest absolute Gasteiger partial charge is 0.191 e. The number of aliphatic imine (C=N–C) groups is 1. The number of hydrogen-bond donors (Lipinski definition) is 2. The molecule has 0 saturated carbocycles. The van der Waals surface area contributed by atoms with Crippen LogP contribution in [0, 0.1) is 0 Å².